The zero-order valence-corrected chi connectivity index (χ0v) is 7.01. The smallest absolute Gasteiger partial charge is 0.0165 e. The SMILES string of the molecule is C=CCC1NCC2C=C2C1C. The summed E-state index contributed by atoms with van der Waals surface area (Å²) in [5.74, 6) is 1.55. The Hall–Kier alpha value is -0.560. The molecule has 0 aromatic heterocycles. The van der Waals surface area contributed by atoms with E-state index in [1.54, 1.807) is 5.57 Å². The highest BCUT2D eigenvalue weighted by molar-refractivity contribution is 5.35. The van der Waals surface area contributed by atoms with Crippen molar-refractivity contribution in [3.8, 4) is 0 Å². The van der Waals surface area contributed by atoms with Crippen molar-refractivity contribution in [3.05, 3.63) is 24.3 Å². The molecular formula is C10H15N. The van der Waals surface area contributed by atoms with Crippen molar-refractivity contribution in [3.63, 3.8) is 0 Å². The normalized spacial score (nSPS) is 40.8. The van der Waals surface area contributed by atoms with E-state index in [9.17, 15) is 0 Å². The fraction of sp³-hybridized carbons (Fsp3) is 0.600. The molecule has 0 radical (unpaired) electrons. The standard InChI is InChI=1S/C10H15N/c1-3-4-10-7(2)9-5-8(9)6-11-10/h3,5,7-8,10-11H,1,4,6H2,2H3. The second-order valence-electron chi connectivity index (χ2n) is 3.60. The highest BCUT2D eigenvalue weighted by atomic mass is 14.9. The maximum absolute atomic E-state index is 3.77. The minimum absolute atomic E-state index is 0.650. The average Bonchev–Trinajstić information content (AvgIpc) is 2.75. The van der Waals surface area contributed by atoms with Gasteiger partial charge >= 0.3 is 0 Å². The van der Waals surface area contributed by atoms with Crippen LogP contribution in [-0.2, 0) is 0 Å². The van der Waals surface area contributed by atoms with Gasteiger partial charge in [-0.2, -0.15) is 0 Å². The molecule has 1 aliphatic heterocycles. The number of hydrogen-bond donors (Lipinski definition) is 1. The second-order valence-corrected chi connectivity index (χ2v) is 3.60. The molecule has 0 spiro atoms. The molecule has 0 aromatic rings. The van der Waals surface area contributed by atoms with Gasteiger partial charge in [-0.25, -0.2) is 0 Å². The number of fused-ring (bicyclic) bond motifs is 1. The fourth-order valence-electron chi connectivity index (χ4n) is 2.00. The summed E-state index contributed by atoms with van der Waals surface area (Å²) in [6, 6.07) is 0.650. The molecule has 1 aliphatic carbocycles. The van der Waals surface area contributed by atoms with E-state index in [0.717, 1.165) is 24.8 Å². The van der Waals surface area contributed by atoms with Gasteiger partial charge in [0.15, 0.2) is 0 Å². The highest BCUT2D eigenvalue weighted by Gasteiger charge is 2.37. The Morgan fingerprint density at radius 3 is 3.36 bits per heavy atom. The fourth-order valence-corrected chi connectivity index (χ4v) is 2.00. The summed E-state index contributed by atoms with van der Waals surface area (Å²) >= 11 is 0. The summed E-state index contributed by atoms with van der Waals surface area (Å²) in [5.41, 5.74) is 1.68. The summed E-state index contributed by atoms with van der Waals surface area (Å²) in [4.78, 5) is 0. The molecule has 2 rings (SSSR count). The van der Waals surface area contributed by atoms with Crippen LogP contribution in [0.15, 0.2) is 24.3 Å². The Morgan fingerprint density at radius 1 is 1.82 bits per heavy atom. The summed E-state index contributed by atoms with van der Waals surface area (Å²) < 4.78 is 0. The molecule has 3 atom stereocenters. The molecular weight excluding hydrogens is 134 g/mol. The van der Waals surface area contributed by atoms with Crippen molar-refractivity contribution in [1.29, 1.82) is 0 Å². The Morgan fingerprint density at radius 2 is 2.64 bits per heavy atom. The molecule has 11 heavy (non-hydrogen) atoms. The average molecular weight is 149 g/mol. The van der Waals surface area contributed by atoms with Crippen LogP contribution in [0.4, 0.5) is 0 Å². The molecule has 0 bridgehead atoms. The topological polar surface area (TPSA) is 12.0 Å². The number of hydrogen-bond acceptors (Lipinski definition) is 1. The first-order valence-electron chi connectivity index (χ1n) is 4.39. The van der Waals surface area contributed by atoms with Crippen molar-refractivity contribution >= 4 is 0 Å². The third kappa shape index (κ3) is 1.14. The number of rotatable bonds is 2. The van der Waals surface area contributed by atoms with E-state index >= 15 is 0 Å². The van der Waals surface area contributed by atoms with E-state index < -0.39 is 0 Å². The lowest BCUT2D eigenvalue weighted by molar-refractivity contribution is 0.374. The van der Waals surface area contributed by atoms with Gasteiger partial charge in [0.2, 0.25) is 0 Å². The molecule has 1 heterocycles. The van der Waals surface area contributed by atoms with Gasteiger partial charge in [-0.1, -0.05) is 24.6 Å². The molecule has 1 heteroatoms. The first-order chi connectivity index (χ1) is 5.33. The predicted octanol–water partition coefficient (Wildman–Crippen LogP) is 1.73. The van der Waals surface area contributed by atoms with Crippen LogP contribution in [0.3, 0.4) is 0 Å². The van der Waals surface area contributed by atoms with Crippen LogP contribution in [0.1, 0.15) is 13.3 Å². The first-order valence-corrected chi connectivity index (χ1v) is 4.39. The van der Waals surface area contributed by atoms with Crippen molar-refractivity contribution in [2.45, 2.75) is 19.4 Å². The van der Waals surface area contributed by atoms with Gasteiger partial charge in [-0.05, 0) is 12.3 Å². The summed E-state index contributed by atoms with van der Waals surface area (Å²) in [6.45, 7) is 7.24. The van der Waals surface area contributed by atoms with Gasteiger partial charge in [0, 0.05) is 18.5 Å². The van der Waals surface area contributed by atoms with Gasteiger partial charge in [0.1, 0.15) is 0 Å². The Bertz CT molecular complexity index is 205. The van der Waals surface area contributed by atoms with E-state index in [2.05, 4.69) is 24.9 Å². The molecule has 1 saturated heterocycles. The lowest BCUT2D eigenvalue weighted by atomic mass is 9.91. The van der Waals surface area contributed by atoms with E-state index in [-0.39, 0.29) is 0 Å². The van der Waals surface area contributed by atoms with Crippen LogP contribution in [-0.4, -0.2) is 12.6 Å². The molecule has 1 nitrogen and oxygen atoms in total. The molecule has 1 N–H and O–H groups in total. The van der Waals surface area contributed by atoms with Crippen LogP contribution in [0.2, 0.25) is 0 Å². The van der Waals surface area contributed by atoms with Crippen LogP contribution in [0.25, 0.3) is 0 Å². The van der Waals surface area contributed by atoms with E-state index in [0.29, 0.717) is 6.04 Å². The maximum Gasteiger partial charge on any atom is 0.0165 e. The molecule has 0 aromatic carbocycles. The molecule has 3 unspecified atom stereocenters. The number of piperidine rings is 1. The summed E-state index contributed by atoms with van der Waals surface area (Å²) in [5, 5.41) is 3.54. The van der Waals surface area contributed by atoms with E-state index in [1.807, 2.05) is 6.08 Å². The Kier molecular flexibility index (Phi) is 1.61. The van der Waals surface area contributed by atoms with Crippen molar-refractivity contribution in [2.24, 2.45) is 11.8 Å². The zero-order chi connectivity index (χ0) is 7.84. The molecule has 0 saturated carbocycles. The van der Waals surface area contributed by atoms with Crippen LogP contribution in [0.5, 0.6) is 0 Å². The minimum atomic E-state index is 0.650. The summed E-state index contributed by atoms with van der Waals surface area (Å²) in [6.07, 6.45) is 5.50. The van der Waals surface area contributed by atoms with Crippen molar-refractivity contribution < 1.29 is 0 Å². The van der Waals surface area contributed by atoms with Crippen molar-refractivity contribution in [2.75, 3.05) is 6.54 Å². The highest BCUT2D eigenvalue weighted by Crippen LogP contribution is 2.40. The largest absolute Gasteiger partial charge is 0.312 e. The maximum atomic E-state index is 3.77. The van der Waals surface area contributed by atoms with E-state index in [1.165, 1.54) is 0 Å². The summed E-state index contributed by atoms with van der Waals surface area (Å²) in [7, 11) is 0. The molecule has 0 amide bonds. The predicted molar refractivity (Wildman–Crippen MR) is 47.3 cm³/mol. The Balaban J connectivity index is 1.98. The van der Waals surface area contributed by atoms with Crippen LogP contribution in [0, 0.1) is 11.8 Å². The monoisotopic (exact) mass is 149 g/mol. The quantitative estimate of drug-likeness (QED) is 0.589. The lowest BCUT2D eigenvalue weighted by Gasteiger charge is -2.28. The second kappa shape index (κ2) is 2.49. The van der Waals surface area contributed by atoms with Gasteiger partial charge in [-0.15, -0.1) is 6.58 Å². The first kappa shape index (κ1) is 7.11. The zero-order valence-electron chi connectivity index (χ0n) is 7.01. The van der Waals surface area contributed by atoms with Gasteiger partial charge < -0.3 is 5.32 Å². The van der Waals surface area contributed by atoms with E-state index in [4.69, 9.17) is 0 Å². The number of nitrogens with one attached hydrogen (secondary N) is 1. The van der Waals surface area contributed by atoms with Gasteiger partial charge in [0.25, 0.3) is 0 Å². The molecule has 2 aliphatic rings. The molecule has 60 valence electrons. The lowest BCUT2D eigenvalue weighted by Crippen LogP contribution is -2.40. The third-order valence-corrected chi connectivity index (χ3v) is 2.86. The van der Waals surface area contributed by atoms with Crippen molar-refractivity contribution in [1.82, 2.24) is 5.32 Å². The van der Waals surface area contributed by atoms with Gasteiger partial charge in [-0.3, -0.25) is 0 Å². The minimum Gasteiger partial charge on any atom is -0.312 e. The van der Waals surface area contributed by atoms with Gasteiger partial charge in [0.05, 0.1) is 0 Å². The molecule has 1 fully saturated rings. The van der Waals surface area contributed by atoms with Crippen LogP contribution < -0.4 is 5.32 Å². The van der Waals surface area contributed by atoms with Crippen LogP contribution >= 0.6 is 0 Å². The Labute approximate surface area is 68.2 Å². The third-order valence-electron chi connectivity index (χ3n) is 2.86.